The monoisotopic (exact) mass is 803 g/mol. The highest BCUT2D eigenvalue weighted by Crippen LogP contribution is 2.64. The summed E-state index contributed by atoms with van der Waals surface area (Å²) in [7, 11) is 0. The number of para-hydroxylation sites is 2. The maximum Gasteiger partial charge on any atom is 0.164 e. The lowest BCUT2D eigenvalue weighted by Crippen LogP contribution is -2.25. The van der Waals surface area contributed by atoms with E-state index in [1.807, 2.05) is 60.7 Å². The zero-order valence-corrected chi connectivity index (χ0v) is 33.7. The summed E-state index contributed by atoms with van der Waals surface area (Å²) in [5.74, 6) is 1.77. The predicted octanol–water partition coefficient (Wildman–Crippen LogP) is 14.7. The lowest BCUT2D eigenvalue weighted by Gasteiger charge is -2.30. The first-order chi connectivity index (χ1) is 31.2. The number of fused-ring (bicyclic) bond motifs is 16. The van der Waals surface area contributed by atoms with Crippen molar-refractivity contribution < 1.29 is 8.83 Å². The van der Waals surface area contributed by atoms with E-state index in [9.17, 15) is 0 Å². The topological polar surface area (TPSA) is 65.0 Å². The third-order valence-electron chi connectivity index (χ3n) is 13.4. The zero-order valence-electron chi connectivity index (χ0n) is 33.7. The molecule has 0 amide bonds. The van der Waals surface area contributed by atoms with Crippen LogP contribution in [0.15, 0.2) is 209 Å². The van der Waals surface area contributed by atoms with Crippen molar-refractivity contribution in [2.24, 2.45) is 0 Å². The Balaban J connectivity index is 0.928. The molecular weight excluding hydrogens is 771 g/mol. The van der Waals surface area contributed by atoms with Gasteiger partial charge in [0.2, 0.25) is 0 Å². The van der Waals surface area contributed by atoms with Gasteiger partial charge in [-0.2, -0.15) is 0 Å². The minimum atomic E-state index is -0.399. The molecule has 5 nitrogen and oxygen atoms in total. The second kappa shape index (κ2) is 12.8. The summed E-state index contributed by atoms with van der Waals surface area (Å²) in [6, 6.07) is 71.0. The minimum absolute atomic E-state index is 0.399. The van der Waals surface area contributed by atoms with E-state index in [1.165, 1.54) is 50.1 Å². The van der Waals surface area contributed by atoms with Crippen LogP contribution in [0.2, 0.25) is 0 Å². The van der Waals surface area contributed by atoms with Crippen molar-refractivity contribution in [3.8, 4) is 67.5 Å². The molecule has 14 rings (SSSR count). The Bertz CT molecular complexity index is 3700. The van der Waals surface area contributed by atoms with E-state index in [2.05, 4.69) is 140 Å². The zero-order chi connectivity index (χ0) is 41.2. The molecule has 3 aromatic heterocycles. The van der Waals surface area contributed by atoms with Gasteiger partial charge in [-0.1, -0.05) is 152 Å². The number of hydrogen-bond donors (Lipinski definition) is 0. The van der Waals surface area contributed by atoms with Crippen LogP contribution < -0.4 is 0 Å². The van der Waals surface area contributed by atoms with Gasteiger partial charge in [0.15, 0.2) is 17.5 Å². The van der Waals surface area contributed by atoms with Gasteiger partial charge >= 0.3 is 0 Å². The molecule has 9 aromatic carbocycles. The highest BCUT2D eigenvalue weighted by atomic mass is 16.3. The molecule has 0 atom stereocenters. The van der Waals surface area contributed by atoms with Gasteiger partial charge in [0.25, 0.3) is 0 Å². The number of rotatable bonds is 4. The summed E-state index contributed by atoms with van der Waals surface area (Å²) < 4.78 is 12.4. The molecule has 5 heteroatoms. The van der Waals surface area contributed by atoms with Crippen LogP contribution in [0.5, 0.6) is 0 Å². The summed E-state index contributed by atoms with van der Waals surface area (Å²) >= 11 is 0. The van der Waals surface area contributed by atoms with Gasteiger partial charge < -0.3 is 8.83 Å². The molecule has 0 fully saturated rings. The molecule has 2 aliphatic carbocycles. The lowest BCUT2D eigenvalue weighted by atomic mass is 9.70. The van der Waals surface area contributed by atoms with Crippen LogP contribution in [-0.2, 0) is 5.41 Å². The summed E-state index contributed by atoms with van der Waals surface area (Å²) in [4.78, 5) is 15.5. The van der Waals surface area contributed by atoms with Crippen LogP contribution in [0.25, 0.3) is 111 Å². The highest BCUT2D eigenvalue weighted by Gasteiger charge is 2.51. The van der Waals surface area contributed by atoms with Crippen molar-refractivity contribution in [1.82, 2.24) is 15.0 Å². The van der Waals surface area contributed by atoms with E-state index in [0.29, 0.717) is 17.5 Å². The summed E-state index contributed by atoms with van der Waals surface area (Å²) in [5, 5.41) is 4.15. The fourth-order valence-electron chi connectivity index (χ4n) is 10.7. The number of nitrogens with zero attached hydrogens (tertiary/aromatic N) is 3. The Kier molecular flexibility index (Phi) is 6.97. The standard InChI is InChI=1S/C58H33N3O2/c1-6-18-46-39(12-1)40-13-2-7-19-47(40)58(46)48-20-8-3-16-43(48)54-38(17-11-21-49(54)58)34-24-26-35(27-25-34)55-59-56(36-28-30-52-44(32-36)41-14-4-9-22-50(41)62-52)61-57(60-55)37-29-31-53-45(33-37)42-15-5-10-23-51(42)63-53/h1-33H. The van der Waals surface area contributed by atoms with Gasteiger partial charge in [-0.05, 0) is 104 Å². The Labute approximate surface area is 361 Å². The smallest absolute Gasteiger partial charge is 0.164 e. The van der Waals surface area contributed by atoms with Crippen molar-refractivity contribution in [2.75, 3.05) is 0 Å². The average molecular weight is 804 g/mol. The summed E-state index contributed by atoms with van der Waals surface area (Å²) in [6.45, 7) is 0. The van der Waals surface area contributed by atoms with Crippen LogP contribution in [0, 0.1) is 0 Å². The van der Waals surface area contributed by atoms with Crippen LogP contribution in [-0.4, -0.2) is 15.0 Å². The fourth-order valence-corrected chi connectivity index (χ4v) is 10.7. The summed E-state index contributed by atoms with van der Waals surface area (Å²) in [6.07, 6.45) is 0. The van der Waals surface area contributed by atoms with Crippen LogP contribution >= 0.6 is 0 Å². The van der Waals surface area contributed by atoms with Gasteiger partial charge in [-0.3, -0.25) is 0 Å². The highest BCUT2D eigenvalue weighted by molar-refractivity contribution is 6.07. The van der Waals surface area contributed by atoms with Gasteiger partial charge in [0.1, 0.15) is 22.3 Å². The molecule has 1 spiro atoms. The van der Waals surface area contributed by atoms with Crippen molar-refractivity contribution in [3.63, 3.8) is 0 Å². The molecule has 12 aromatic rings. The van der Waals surface area contributed by atoms with E-state index >= 15 is 0 Å². The van der Waals surface area contributed by atoms with E-state index < -0.39 is 5.41 Å². The molecule has 0 saturated carbocycles. The van der Waals surface area contributed by atoms with E-state index in [1.54, 1.807) is 0 Å². The van der Waals surface area contributed by atoms with Crippen molar-refractivity contribution in [2.45, 2.75) is 5.41 Å². The Morgan fingerprint density at radius 1 is 0.286 bits per heavy atom. The molecule has 63 heavy (non-hydrogen) atoms. The fraction of sp³-hybridized carbons (Fsp3) is 0.0172. The quantitative estimate of drug-likeness (QED) is 0.177. The molecule has 0 aliphatic heterocycles. The van der Waals surface area contributed by atoms with E-state index in [0.717, 1.165) is 66.1 Å². The molecule has 0 saturated heterocycles. The van der Waals surface area contributed by atoms with Gasteiger partial charge in [-0.25, -0.2) is 15.0 Å². The largest absolute Gasteiger partial charge is 0.456 e. The molecule has 0 bridgehead atoms. The molecule has 292 valence electrons. The molecule has 0 N–H and O–H groups in total. The third-order valence-corrected chi connectivity index (χ3v) is 13.4. The minimum Gasteiger partial charge on any atom is -0.456 e. The number of aromatic nitrogens is 3. The third kappa shape index (κ3) is 4.79. The van der Waals surface area contributed by atoms with Crippen LogP contribution in [0.4, 0.5) is 0 Å². The van der Waals surface area contributed by atoms with Crippen molar-refractivity contribution in [1.29, 1.82) is 0 Å². The van der Waals surface area contributed by atoms with Crippen LogP contribution in [0.1, 0.15) is 22.3 Å². The first-order valence-corrected chi connectivity index (χ1v) is 21.3. The predicted molar refractivity (Wildman–Crippen MR) is 252 cm³/mol. The SMILES string of the molecule is c1ccc2c(c1)-c1ccccc1C21c2ccccc2-c2c(-c3ccc(-c4nc(-c5ccc6oc7ccccc7c6c5)nc(-c5ccc6oc7ccccc7c6c5)n4)cc3)cccc21. The summed E-state index contributed by atoms with van der Waals surface area (Å²) in [5.41, 5.74) is 18.4. The number of furan rings is 2. The van der Waals surface area contributed by atoms with Gasteiger partial charge in [-0.15, -0.1) is 0 Å². The van der Waals surface area contributed by atoms with Crippen LogP contribution in [0.3, 0.4) is 0 Å². The number of benzene rings is 9. The van der Waals surface area contributed by atoms with Crippen molar-refractivity contribution in [3.05, 3.63) is 222 Å². The second-order valence-electron chi connectivity index (χ2n) is 16.6. The molecule has 2 aliphatic rings. The van der Waals surface area contributed by atoms with Crippen molar-refractivity contribution >= 4 is 43.9 Å². The molecular formula is C58H33N3O2. The average Bonchev–Trinajstić information content (AvgIpc) is 4.09. The first kappa shape index (κ1) is 34.3. The normalized spacial score (nSPS) is 13.2. The Morgan fingerprint density at radius 3 is 1.25 bits per heavy atom. The Morgan fingerprint density at radius 2 is 0.683 bits per heavy atom. The maximum absolute atomic E-state index is 6.19. The van der Waals surface area contributed by atoms with E-state index in [-0.39, 0.29) is 0 Å². The first-order valence-electron chi connectivity index (χ1n) is 21.3. The molecule has 0 unspecified atom stereocenters. The van der Waals surface area contributed by atoms with Gasteiger partial charge in [0.05, 0.1) is 5.41 Å². The maximum atomic E-state index is 6.19. The van der Waals surface area contributed by atoms with Gasteiger partial charge in [0, 0.05) is 38.2 Å². The molecule has 3 heterocycles. The lowest BCUT2D eigenvalue weighted by molar-refractivity contribution is 0.668. The Hall–Kier alpha value is -8.41. The number of hydrogen-bond acceptors (Lipinski definition) is 5. The second-order valence-corrected chi connectivity index (χ2v) is 16.6. The molecule has 0 radical (unpaired) electrons. The van der Waals surface area contributed by atoms with E-state index in [4.69, 9.17) is 23.8 Å².